The number of nitrogens with one attached hydrogen (secondary N) is 1. The van der Waals surface area contributed by atoms with Gasteiger partial charge in [0.05, 0.1) is 18.9 Å². The summed E-state index contributed by atoms with van der Waals surface area (Å²) in [6.45, 7) is 1.18. The van der Waals surface area contributed by atoms with Gasteiger partial charge in [0.15, 0.2) is 5.82 Å². The molecule has 0 aliphatic carbocycles. The molecular formula is C13H12Br2N4O. The zero-order chi connectivity index (χ0) is 14.1. The molecule has 3 N–H and O–H groups in total. The first-order valence-corrected chi connectivity index (χ1v) is 7.67. The van der Waals surface area contributed by atoms with E-state index >= 15 is 0 Å². The third kappa shape index (κ3) is 2.58. The van der Waals surface area contributed by atoms with Gasteiger partial charge in [-0.25, -0.2) is 15.8 Å². The van der Waals surface area contributed by atoms with E-state index in [1.165, 1.54) is 0 Å². The summed E-state index contributed by atoms with van der Waals surface area (Å²) in [5, 5.41) is 0. The van der Waals surface area contributed by atoms with Gasteiger partial charge in [-0.1, -0.05) is 0 Å². The Morgan fingerprint density at radius 1 is 1.20 bits per heavy atom. The van der Waals surface area contributed by atoms with Crippen molar-refractivity contribution in [1.29, 1.82) is 0 Å². The molecule has 2 heterocycles. The second-order valence-electron chi connectivity index (χ2n) is 4.40. The molecule has 1 aliphatic heterocycles. The molecule has 0 amide bonds. The first-order valence-electron chi connectivity index (χ1n) is 6.08. The van der Waals surface area contributed by atoms with Gasteiger partial charge in [0.25, 0.3) is 0 Å². The Bertz CT molecular complexity index is 646. The van der Waals surface area contributed by atoms with Gasteiger partial charge in [0.2, 0.25) is 0 Å². The van der Waals surface area contributed by atoms with Gasteiger partial charge in [-0.3, -0.25) is 0 Å². The molecular weight excluding hydrogens is 388 g/mol. The lowest BCUT2D eigenvalue weighted by Crippen LogP contribution is -2.19. The van der Waals surface area contributed by atoms with Crippen LogP contribution in [0.15, 0.2) is 27.1 Å². The molecule has 0 saturated heterocycles. The molecule has 1 aliphatic rings. The average Bonchev–Trinajstić information content (AvgIpc) is 2.49. The highest BCUT2D eigenvalue weighted by molar-refractivity contribution is 9.13. The minimum atomic E-state index is 0.499. The van der Waals surface area contributed by atoms with E-state index in [0.717, 1.165) is 32.2 Å². The first-order chi connectivity index (χ1) is 9.69. The van der Waals surface area contributed by atoms with Gasteiger partial charge in [-0.15, -0.1) is 0 Å². The quantitative estimate of drug-likeness (QED) is 0.599. The molecule has 1 aromatic carbocycles. The Morgan fingerprint density at radius 3 is 2.80 bits per heavy atom. The van der Waals surface area contributed by atoms with Crippen LogP contribution in [0.25, 0.3) is 11.4 Å². The van der Waals surface area contributed by atoms with E-state index < -0.39 is 0 Å². The lowest BCUT2D eigenvalue weighted by atomic mass is 10.1. The molecule has 1 aromatic heterocycles. The number of fused-ring (bicyclic) bond motifs is 1. The van der Waals surface area contributed by atoms with Crippen LogP contribution in [-0.4, -0.2) is 16.6 Å². The Hall–Kier alpha value is -1.02. The second-order valence-corrected chi connectivity index (χ2v) is 6.11. The number of hydrogen-bond acceptors (Lipinski definition) is 5. The standard InChI is InChI=1S/C13H12Br2N4O/c14-9-2-1-7(5-10(9)15)12-17-11-3-4-20-6-8(11)13(18-12)19-16/h1-2,5H,3-4,6,16H2,(H,17,18,19). The Morgan fingerprint density at radius 2 is 2.05 bits per heavy atom. The molecule has 0 bridgehead atoms. The van der Waals surface area contributed by atoms with Crippen LogP contribution >= 0.6 is 31.9 Å². The van der Waals surface area contributed by atoms with Crippen LogP contribution in [0.3, 0.4) is 0 Å². The third-order valence-corrected chi connectivity index (χ3v) is 5.02. The molecule has 0 saturated carbocycles. The number of rotatable bonds is 2. The van der Waals surface area contributed by atoms with Crippen molar-refractivity contribution in [2.45, 2.75) is 13.0 Å². The normalized spacial score (nSPS) is 13.9. The lowest BCUT2D eigenvalue weighted by Gasteiger charge is -2.19. The highest BCUT2D eigenvalue weighted by Crippen LogP contribution is 2.30. The number of benzene rings is 1. The lowest BCUT2D eigenvalue weighted by molar-refractivity contribution is 0.109. The molecule has 2 aromatic rings. The fourth-order valence-corrected chi connectivity index (χ4v) is 2.74. The van der Waals surface area contributed by atoms with Gasteiger partial charge in [0.1, 0.15) is 5.82 Å². The highest BCUT2D eigenvalue weighted by Gasteiger charge is 2.18. The topological polar surface area (TPSA) is 73.1 Å². The maximum atomic E-state index is 5.56. The minimum absolute atomic E-state index is 0.499. The molecule has 5 nitrogen and oxygen atoms in total. The van der Waals surface area contributed by atoms with E-state index in [1.54, 1.807) is 0 Å². The number of nitrogens with zero attached hydrogens (tertiary/aromatic N) is 2. The van der Waals surface area contributed by atoms with E-state index in [-0.39, 0.29) is 0 Å². The fourth-order valence-electron chi connectivity index (χ4n) is 2.12. The Balaban J connectivity index is 2.11. The summed E-state index contributed by atoms with van der Waals surface area (Å²) in [7, 11) is 0. The van der Waals surface area contributed by atoms with E-state index in [9.17, 15) is 0 Å². The van der Waals surface area contributed by atoms with Gasteiger partial charge in [0, 0.05) is 26.5 Å². The number of ether oxygens (including phenoxy) is 1. The number of anilines is 1. The van der Waals surface area contributed by atoms with Crippen molar-refractivity contribution in [3.63, 3.8) is 0 Å². The van der Waals surface area contributed by atoms with Crippen molar-refractivity contribution >= 4 is 37.7 Å². The Labute approximate surface area is 133 Å². The summed E-state index contributed by atoms with van der Waals surface area (Å²) in [5.74, 6) is 6.85. The van der Waals surface area contributed by atoms with Crippen molar-refractivity contribution in [1.82, 2.24) is 9.97 Å². The summed E-state index contributed by atoms with van der Waals surface area (Å²) in [4.78, 5) is 9.12. The highest BCUT2D eigenvalue weighted by atomic mass is 79.9. The van der Waals surface area contributed by atoms with Gasteiger partial charge >= 0.3 is 0 Å². The zero-order valence-corrected chi connectivity index (χ0v) is 13.7. The first kappa shape index (κ1) is 13.9. The number of hydrazine groups is 1. The summed E-state index contributed by atoms with van der Waals surface area (Å²) in [5.41, 5.74) is 5.51. The molecule has 0 fully saturated rings. The largest absolute Gasteiger partial charge is 0.376 e. The summed E-state index contributed by atoms with van der Waals surface area (Å²) in [6, 6.07) is 5.91. The predicted octanol–water partition coefficient (Wildman–Crippen LogP) is 3.03. The van der Waals surface area contributed by atoms with Crippen LogP contribution in [0.1, 0.15) is 11.3 Å². The fraction of sp³-hybridized carbons (Fsp3) is 0.231. The molecule has 20 heavy (non-hydrogen) atoms. The summed E-state index contributed by atoms with van der Waals surface area (Å²) < 4.78 is 7.38. The number of hydrogen-bond donors (Lipinski definition) is 2. The number of aromatic nitrogens is 2. The van der Waals surface area contributed by atoms with Crippen molar-refractivity contribution in [3.8, 4) is 11.4 Å². The maximum absolute atomic E-state index is 5.56. The van der Waals surface area contributed by atoms with Crippen molar-refractivity contribution in [2.75, 3.05) is 12.0 Å². The predicted molar refractivity (Wildman–Crippen MR) is 84.0 cm³/mol. The van der Waals surface area contributed by atoms with Crippen LogP contribution in [-0.2, 0) is 17.8 Å². The third-order valence-electron chi connectivity index (χ3n) is 3.14. The van der Waals surface area contributed by atoms with Gasteiger partial charge in [-0.05, 0) is 50.1 Å². The van der Waals surface area contributed by atoms with E-state index in [2.05, 4.69) is 47.3 Å². The van der Waals surface area contributed by atoms with Crippen molar-refractivity contribution in [2.24, 2.45) is 5.84 Å². The number of halogens is 2. The van der Waals surface area contributed by atoms with E-state index in [4.69, 9.17) is 10.6 Å². The molecule has 0 unspecified atom stereocenters. The van der Waals surface area contributed by atoms with E-state index in [1.807, 2.05) is 18.2 Å². The van der Waals surface area contributed by atoms with E-state index in [0.29, 0.717) is 24.9 Å². The van der Waals surface area contributed by atoms with Crippen LogP contribution in [0.4, 0.5) is 5.82 Å². The molecule has 0 radical (unpaired) electrons. The summed E-state index contributed by atoms with van der Waals surface area (Å²) >= 11 is 6.94. The molecule has 0 atom stereocenters. The van der Waals surface area contributed by atoms with Crippen LogP contribution in [0, 0.1) is 0 Å². The monoisotopic (exact) mass is 398 g/mol. The number of nitrogens with two attached hydrogens (primary N) is 1. The minimum Gasteiger partial charge on any atom is -0.376 e. The van der Waals surface area contributed by atoms with Gasteiger partial charge < -0.3 is 10.2 Å². The van der Waals surface area contributed by atoms with Crippen LogP contribution in [0.2, 0.25) is 0 Å². The van der Waals surface area contributed by atoms with Crippen molar-refractivity contribution < 1.29 is 4.74 Å². The second kappa shape index (κ2) is 5.77. The number of nitrogen functional groups attached to an aromatic ring is 1. The Kier molecular flexibility index (Phi) is 4.02. The average molecular weight is 400 g/mol. The molecule has 104 valence electrons. The molecule has 3 rings (SSSR count). The zero-order valence-electron chi connectivity index (χ0n) is 10.5. The van der Waals surface area contributed by atoms with Crippen LogP contribution in [0.5, 0.6) is 0 Å². The molecule has 7 heteroatoms. The van der Waals surface area contributed by atoms with Crippen LogP contribution < -0.4 is 11.3 Å². The van der Waals surface area contributed by atoms with Gasteiger partial charge in [-0.2, -0.15) is 0 Å². The SMILES string of the molecule is NNc1nc(-c2ccc(Br)c(Br)c2)nc2c1COCC2. The maximum Gasteiger partial charge on any atom is 0.161 e. The molecule has 0 spiro atoms. The van der Waals surface area contributed by atoms with Crippen molar-refractivity contribution in [3.05, 3.63) is 38.4 Å². The smallest absolute Gasteiger partial charge is 0.161 e. The summed E-state index contributed by atoms with van der Waals surface area (Å²) in [6.07, 6.45) is 0.775.